The number of benzene rings is 1. The Kier molecular flexibility index (Phi) is 3.31. The first-order chi connectivity index (χ1) is 8.76. The van der Waals surface area contributed by atoms with Gasteiger partial charge in [0.1, 0.15) is 0 Å². The summed E-state index contributed by atoms with van der Waals surface area (Å²) in [4.78, 5) is 13.4. The molecule has 2 aliphatic heterocycles. The minimum atomic E-state index is 0.154. The fraction of sp³-hybridized carbons (Fsp3) is 0.500. The molecule has 3 rings (SSSR count). The molecule has 2 aliphatic rings. The molecule has 3 nitrogen and oxygen atoms in total. The molecule has 1 aromatic carbocycles. The quantitative estimate of drug-likeness (QED) is 0.822. The second-order valence-electron chi connectivity index (χ2n) is 5.11. The van der Waals surface area contributed by atoms with Crippen molar-refractivity contribution in [1.29, 1.82) is 0 Å². The second-order valence-corrected chi connectivity index (χ2v) is 5.99. The molecule has 0 radical (unpaired) electrons. The molecule has 0 aromatic heterocycles. The molecule has 1 aromatic rings. The van der Waals surface area contributed by atoms with Gasteiger partial charge in [-0.05, 0) is 43.7 Å². The molecule has 0 spiro atoms. The lowest BCUT2D eigenvalue weighted by molar-refractivity contribution is -0.120. The van der Waals surface area contributed by atoms with Crippen molar-refractivity contribution < 1.29 is 4.79 Å². The van der Waals surface area contributed by atoms with Gasteiger partial charge in [-0.25, -0.2) is 0 Å². The highest BCUT2D eigenvalue weighted by atomic mass is 32.2. The zero-order valence-electron chi connectivity index (χ0n) is 10.5. The summed E-state index contributed by atoms with van der Waals surface area (Å²) in [6, 6.07) is 9.00. The first kappa shape index (κ1) is 12.1. The minimum absolute atomic E-state index is 0.154. The second kappa shape index (κ2) is 4.94. The van der Waals surface area contributed by atoms with Gasteiger partial charge < -0.3 is 10.6 Å². The zero-order valence-corrected chi connectivity index (χ0v) is 11.3. The molecule has 3 unspecified atom stereocenters. The van der Waals surface area contributed by atoms with Crippen LogP contribution in [0.3, 0.4) is 0 Å². The van der Waals surface area contributed by atoms with E-state index in [4.69, 9.17) is 0 Å². The van der Waals surface area contributed by atoms with Crippen molar-refractivity contribution in [2.24, 2.45) is 5.92 Å². The average molecular weight is 262 g/mol. The van der Waals surface area contributed by atoms with Gasteiger partial charge >= 0.3 is 0 Å². The molecule has 2 N–H and O–H groups in total. The van der Waals surface area contributed by atoms with Crippen LogP contribution in [0, 0.1) is 5.92 Å². The number of thioether (sulfide) groups is 1. The number of hydrogen-bond acceptors (Lipinski definition) is 3. The number of amides is 1. The molecule has 0 aliphatic carbocycles. The van der Waals surface area contributed by atoms with Crippen molar-refractivity contribution in [1.82, 2.24) is 5.32 Å². The maximum absolute atomic E-state index is 12.2. The predicted molar refractivity (Wildman–Crippen MR) is 74.9 cm³/mol. The van der Waals surface area contributed by atoms with Gasteiger partial charge in [-0.15, -0.1) is 11.8 Å². The number of anilines is 1. The van der Waals surface area contributed by atoms with Gasteiger partial charge in [0.15, 0.2) is 0 Å². The Morgan fingerprint density at radius 1 is 1.44 bits per heavy atom. The van der Waals surface area contributed by atoms with E-state index in [1.165, 1.54) is 11.3 Å². The third-order valence-electron chi connectivity index (χ3n) is 3.97. The zero-order chi connectivity index (χ0) is 12.5. The SMILES string of the molecule is CSc1cccc(NC(=O)C2CC3CCC2N3)c1. The van der Waals surface area contributed by atoms with E-state index in [0.29, 0.717) is 12.1 Å². The van der Waals surface area contributed by atoms with Crippen LogP contribution < -0.4 is 10.6 Å². The molecular formula is C14H18N2OS. The Hall–Kier alpha value is -1.00. The monoisotopic (exact) mass is 262 g/mol. The number of nitrogens with one attached hydrogen (secondary N) is 2. The van der Waals surface area contributed by atoms with E-state index in [1.54, 1.807) is 11.8 Å². The van der Waals surface area contributed by atoms with Crippen LogP contribution >= 0.6 is 11.8 Å². The molecule has 0 saturated carbocycles. The van der Waals surface area contributed by atoms with Crippen LogP contribution in [0.4, 0.5) is 5.69 Å². The number of fused-ring (bicyclic) bond motifs is 2. The Balaban J connectivity index is 1.67. The Labute approximate surface area is 112 Å². The number of carbonyl (C=O) groups excluding carboxylic acids is 1. The standard InChI is InChI=1S/C14H18N2OS/c1-18-11-4-2-3-9(7-11)16-14(17)12-8-10-5-6-13(12)15-10/h2-4,7,10,12-13,15H,5-6,8H2,1H3,(H,16,17). The summed E-state index contributed by atoms with van der Waals surface area (Å²) in [6.07, 6.45) is 5.42. The smallest absolute Gasteiger partial charge is 0.229 e. The molecule has 4 heteroatoms. The highest BCUT2D eigenvalue weighted by Gasteiger charge is 2.42. The maximum Gasteiger partial charge on any atom is 0.229 e. The highest BCUT2D eigenvalue weighted by Crippen LogP contribution is 2.34. The van der Waals surface area contributed by atoms with E-state index >= 15 is 0 Å². The van der Waals surface area contributed by atoms with Gasteiger partial charge in [-0.3, -0.25) is 4.79 Å². The molecular weight excluding hydrogens is 244 g/mol. The Morgan fingerprint density at radius 3 is 3.00 bits per heavy atom. The van der Waals surface area contributed by atoms with Gasteiger partial charge in [0.25, 0.3) is 0 Å². The Morgan fingerprint density at radius 2 is 2.33 bits per heavy atom. The summed E-state index contributed by atoms with van der Waals surface area (Å²) in [7, 11) is 0. The fourth-order valence-corrected chi connectivity index (χ4v) is 3.51. The van der Waals surface area contributed by atoms with Crippen LogP contribution in [-0.2, 0) is 4.79 Å². The van der Waals surface area contributed by atoms with Crippen molar-refractivity contribution in [3.8, 4) is 0 Å². The van der Waals surface area contributed by atoms with E-state index in [2.05, 4.69) is 16.7 Å². The van der Waals surface area contributed by atoms with Crippen LogP contribution in [0.2, 0.25) is 0 Å². The molecule has 96 valence electrons. The average Bonchev–Trinajstić information content (AvgIpc) is 3.01. The summed E-state index contributed by atoms with van der Waals surface area (Å²) in [5, 5.41) is 6.55. The van der Waals surface area contributed by atoms with Crippen molar-refractivity contribution in [3.05, 3.63) is 24.3 Å². The van der Waals surface area contributed by atoms with E-state index < -0.39 is 0 Å². The first-order valence-corrected chi connectivity index (χ1v) is 7.69. The van der Waals surface area contributed by atoms with E-state index in [1.807, 2.05) is 24.5 Å². The lowest BCUT2D eigenvalue weighted by Gasteiger charge is -2.19. The lowest BCUT2D eigenvalue weighted by atomic mass is 9.88. The predicted octanol–water partition coefficient (Wildman–Crippen LogP) is 2.49. The summed E-state index contributed by atoms with van der Waals surface area (Å²) in [6.45, 7) is 0. The Bertz CT molecular complexity index is 463. The van der Waals surface area contributed by atoms with Crippen molar-refractivity contribution in [2.75, 3.05) is 11.6 Å². The van der Waals surface area contributed by atoms with Crippen LogP contribution in [-0.4, -0.2) is 24.2 Å². The van der Waals surface area contributed by atoms with E-state index in [0.717, 1.165) is 18.5 Å². The van der Waals surface area contributed by atoms with Gasteiger partial charge in [0.05, 0.1) is 5.92 Å². The van der Waals surface area contributed by atoms with Gasteiger partial charge in [-0.1, -0.05) is 6.07 Å². The third-order valence-corrected chi connectivity index (χ3v) is 4.70. The molecule has 18 heavy (non-hydrogen) atoms. The van der Waals surface area contributed by atoms with Crippen LogP contribution in [0.1, 0.15) is 19.3 Å². The van der Waals surface area contributed by atoms with E-state index in [-0.39, 0.29) is 11.8 Å². The molecule has 1 amide bonds. The van der Waals surface area contributed by atoms with Crippen molar-refractivity contribution in [2.45, 2.75) is 36.2 Å². The van der Waals surface area contributed by atoms with Gasteiger partial charge in [0, 0.05) is 22.7 Å². The summed E-state index contributed by atoms with van der Waals surface area (Å²) >= 11 is 1.69. The highest BCUT2D eigenvalue weighted by molar-refractivity contribution is 7.98. The first-order valence-electron chi connectivity index (χ1n) is 6.47. The normalized spacial score (nSPS) is 29.5. The summed E-state index contributed by atoms with van der Waals surface area (Å²) < 4.78 is 0. The lowest BCUT2D eigenvalue weighted by Crippen LogP contribution is -2.32. The summed E-state index contributed by atoms with van der Waals surface area (Å²) in [5.41, 5.74) is 0.912. The van der Waals surface area contributed by atoms with Gasteiger partial charge in [-0.2, -0.15) is 0 Å². The summed E-state index contributed by atoms with van der Waals surface area (Å²) in [5.74, 6) is 0.328. The number of hydrogen-bond donors (Lipinski definition) is 2. The fourth-order valence-electron chi connectivity index (χ4n) is 3.05. The minimum Gasteiger partial charge on any atom is -0.326 e. The van der Waals surface area contributed by atoms with E-state index in [9.17, 15) is 4.79 Å². The van der Waals surface area contributed by atoms with Crippen molar-refractivity contribution in [3.63, 3.8) is 0 Å². The molecule has 2 saturated heterocycles. The van der Waals surface area contributed by atoms with Crippen LogP contribution in [0.5, 0.6) is 0 Å². The van der Waals surface area contributed by atoms with Crippen LogP contribution in [0.25, 0.3) is 0 Å². The topological polar surface area (TPSA) is 41.1 Å². The van der Waals surface area contributed by atoms with Crippen LogP contribution in [0.15, 0.2) is 29.2 Å². The largest absolute Gasteiger partial charge is 0.326 e. The molecule has 3 atom stereocenters. The number of carbonyl (C=O) groups is 1. The molecule has 2 fully saturated rings. The maximum atomic E-state index is 12.2. The van der Waals surface area contributed by atoms with Crippen molar-refractivity contribution >= 4 is 23.4 Å². The molecule has 2 heterocycles. The number of rotatable bonds is 3. The molecule has 2 bridgehead atoms. The van der Waals surface area contributed by atoms with Gasteiger partial charge in [0.2, 0.25) is 5.91 Å². The third kappa shape index (κ3) is 2.27.